The van der Waals surface area contributed by atoms with E-state index in [2.05, 4.69) is 4.98 Å². The van der Waals surface area contributed by atoms with Gasteiger partial charge in [-0.05, 0) is 67.6 Å². The number of pyridine rings is 1. The van der Waals surface area contributed by atoms with Crippen molar-refractivity contribution in [3.63, 3.8) is 0 Å². The fraction of sp³-hybridized carbons (Fsp3) is 0.368. The van der Waals surface area contributed by atoms with E-state index in [9.17, 15) is 4.79 Å². The summed E-state index contributed by atoms with van der Waals surface area (Å²) in [5.41, 5.74) is 4.92. The monoisotopic (exact) mass is 312 g/mol. The van der Waals surface area contributed by atoms with Crippen molar-refractivity contribution < 1.29 is 9.53 Å². The van der Waals surface area contributed by atoms with Crippen molar-refractivity contribution in [2.45, 2.75) is 27.2 Å². The lowest BCUT2D eigenvalue weighted by atomic mass is 9.97. The summed E-state index contributed by atoms with van der Waals surface area (Å²) in [6.45, 7) is 6.61. The first-order valence-corrected chi connectivity index (χ1v) is 7.74. The molecule has 1 amide bonds. The number of aromatic nitrogens is 1. The number of ether oxygens (including phenoxy) is 1. The molecule has 0 fully saturated rings. The number of amides is 1. The Bertz CT molecular complexity index is 696. The van der Waals surface area contributed by atoms with Crippen molar-refractivity contribution in [2.75, 3.05) is 20.7 Å². The van der Waals surface area contributed by atoms with Crippen LogP contribution in [-0.2, 0) is 6.42 Å². The molecule has 122 valence electrons. The summed E-state index contributed by atoms with van der Waals surface area (Å²) in [5, 5.41) is 0. The minimum atomic E-state index is 0.0467. The normalized spacial score (nSPS) is 10.5. The number of benzene rings is 1. The standard InChI is InChI=1S/C19H24N2O2/c1-13-12-17(14(2)15(3)18(13)23-5)19(22)21(4)11-8-16-6-9-20-10-7-16/h6-7,9-10,12H,8,11H2,1-5H3. The zero-order valence-electron chi connectivity index (χ0n) is 14.5. The zero-order valence-corrected chi connectivity index (χ0v) is 14.5. The lowest BCUT2D eigenvalue weighted by Crippen LogP contribution is -2.29. The highest BCUT2D eigenvalue weighted by Gasteiger charge is 2.18. The molecule has 0 saturated carbocycles. The van der Waals surface area contributed by atoms with Gasteiger partial charge in [0.15, 0.2) is 0 Å². The van der Waals surface area contributed by atoms with Gasteiger partial charge in [0.05, 0.1) is 7.11 Å². The van der Waals surface area contributed by atoms with Crippen molar-refractivity contribution in [1.82, 2.24) is 9.88 Å². The number of rotatable bonds is 5. The van der Waals surface area contributed by atoms with Crippen molar-refractivity contribution in [3.8, 4) is 5.75 Å². The fourth-order valence-corrected chi connectivity index (χ4v) is 2.75. The van der Waals surface area contributed by atoms with Crippen LogP contribution < -0.4 is 4.74 Å². The van der Waals surface area contributed by atoms with Crippen LogP contribution in [0, 0.1) is 20.8 Å². The van der Waals surface area contributed by atoms with Gasteiger partial charge in [-0.2, -0.15) is 0 Å². The molecule has 2 rings (SSSR count). The number of carbonyl (C=O) groups excluding carboxylic acids is 1. The second-order valence-corrected chi connectivity index (χ2v) is 5.86. The van der Waals surface area contributed by atoms with Crippen LogP contribution in [0.15, 0.2) is 30.6 Å². The van der Waals surface area contributed by atoms with Crippen LogP contribution in [0.3, 0.4) is 0 Å². The average molecular weight is 312 g/mol. The predicted octanol–water partition coefficient (Wildman–Crippen LogP) is 3.33. The highest BCUT2D eigenvalue weighted by Crippen LogP contribution is 2.29. The molecule has 0 aliphatic rings. The molecule has 0 N–H and O–H groups in total. The Balaban J connectivity index is 2.16. The van der Waals surface area contributed by atoms with Gasteiger partial charge in [0, 0.05) is 31.5 Å². The van der Waals surface area contributed by atoms with Crippen LogP contribution in [0.4, 0.5) is 0 Å². The van der Waals surface area contributed by atoms with Gasteiger partial charge < -0.3 is 9.64 Å². The number of hydrogen-bond donors (Lipinski definition) is 0. The molecule has 0 radical (unpaired) electrons. The number of likely N-dealkylation sites (N-methyl/N-ethyl adjacent to an activating group) is 1. The maximum Gasteiger partial charge on any atom is 0.253 e. The Hall–Kier alpha value is -2.36. The van der Waals surface area contributed by atoms with Gasteiger partial charge in [-0.3, -0.25) is 9.78 Å². The quantitative estimate of drug-likeness (QED) is 0.850. The largest absolute Gasteiger partial charge is 0.496 e. The molecule has 2 aromatic rings. The van der Waals surface area contributed by atoms with Gasteiger partial charge in [0.25, 0.3) is 5.91 Å². The molecule has 0 unspecified atom stereocenters. The molecule has 0 bridgehead atoms. The SMILES string of the molecule is COc1c(C)cc(C(=O)N(C)CCc2ccncc2)c(C)c1C. The lowest BCUT2D eigenvalue weighted by Gasteiger charge is -2.21. The van der Waals surface area contributed by atoms with Crippen LogP contribution in [0.2, 0.25) is 0 Å². The molecule has 0 spiro atoms. The highest BCUT2D eigenvalue weighted by molar-refractivity contribution is 5.96. The van der Waals surface area contributed by atoms with Crippen LogP contribution in [0.25, 0.3) is 0 Å². The summed E-state index contributed by atoms with van der Waals surface area (Å²) >= 11 is 0. The number of carbonyl (C=O) groups is 1. The summed E-state index contributed by atoms with van der Waals surface area (Å²) in [6, 6.07) is 5.88. The third kappa shape index (κ3) is 3.70. The summed E-state index contributed by atoms with van der Waals surface area (Å²) in [7, 11) is 3.51. The molecule has 1 heterocycles. The van der Waals surface area contributed by atoms with E-state index in [0.717, 1.165) is 34.4 Å². The molecule has 4 heteroatoms. The van der Waals surface area contributed by atoms with E-state index in [4.69, 9.17) is 4.74 Å². The van der Waals surface area contributed by atoms with Crippen molar-refractivity contribution in [3.05, 3.63) is 58.4 Å². The summed E-state index contributed by atoms with van der Waals surface area (Å²) in [5.74, 6) is 0.906. The molecule has 23 heavy (non-hydrogen) atoms. The Kier molecular flexibility index (Phi) is 5.37. The fourth-order valence-electron chi connectivity index (χ4n) is 2.75. The van der Waals surface area contributed by atoms with E-state index in [-0.39, 0.29) is 5.91 Å². The van der Waals surface area contributed by atoms with Crippen molar-refractivity contribution >= 4 is 5.91 Å². The molecular formula is C19H24N2O2. The van der Waals surface area contributed by atoms with Crippen molar-refractivity contribution in [1.29, 1.82) is 0 Å². The third-order valence-electron chi connectivity index (χ3n) is 4.29. The second-order valence-electron chi connectivity index (χ2n) is 5.86. The van der Waals surface area contributed by atoms with Crippen LogP contribution in [0.5, 0.6) is 5.75 Å². The number of methoxy groups -OCH3 is 1. The summed E-state index contributed by atoms with van der Waals surface area (Å²) < 4.78 is 5.43. The zero-order chi connectivity index (χ0) is 17.0. The molecule has 0 atom stereocenters. The van der Waals surface area contributed by atoms with Crippen LogP contribution >= 0.6 is 0 Å². The number of hydrogen-bond acceptors (Lipinski definition) is 3. The van der Waals surface area contributed by atoms with E-state index in [0.29, 0.717) is 6.54 Å². The van der Waals surface area contributed by atoms with E-state index in [1.807, 2.05) is 46.0 Å². The number of aryl methyl sites for hydroxylation is 1. The molecule has 1 aromatic heterocycles. The van der Waals surface area contributed by atoms with Crippen molar-refractivity contribution in [2.24, 2.45) is 0 Å². The first-order valence-electron chi connectivity index (χ1n) is 7.74. The van der Waals surface area contributed by atoms with Gasteiger partial charge >= 0.3 is 0 Å². The molecule has 0 aliphatic heterocycles. The topological polar surface area (TPSA) is 42.4 Å². The van der Waals surface area contributed by atoms with E-state index in [1.165, 1.54) is 5.56 Å². The summed E-state index contributed by atoms with van der Waals surface area (Å²) in [6.07, 6.45) is 4.37. The van der Waals surface area contributed by atoms with E-state index in [1.54, 1.807) is 24.4 Å². The third-order valence-corrected chi connectivity index (χ3v) is 4.29. The van der Waals surface area contributed by atoms with Gasteiger partial charge in [0.2, 0.25) is 0 Å². The Morgan fingerprint density at radius 1 is 1.17 bits per heavy atom. The second kappa shape index (κ2) is 7.27. The van der Waals surface area contributed by atoms with Gasteiger partial charge in [-0.1, -0.05) is 0 Å². The minimum absolute atomic E-state index is 0.0467. The minimum Gasteiger partial charge on any atom is -0.496 e. The molecule has 0 aliphatic carbocycles. The molecule has 4 nitrogen and oxygen atoms in total. The number of nitrogens with zero attached hydrogens (tertiary/aromatic N) is 2. The Morgan fingerprint density at radius 3 is 2.43 bits per heavy atom. The first-order chi connectivity index (χ1) is 11.0. The van der Waals surface area contributed by atoms with E-state index >= 15 is 0 Å². The molecule has 0 saturated heterocycles. The van der Waals surface area contributed by atoms with Gasteiger partial charge in [0.1, 0.15) is 5.75 Å². The Labute approximate surface area is 138 Å². The van der Waals surface area contributed by atoms with Crippen LogP contribution in [-0.4, -0.2) is 36.5 Å². The van der Waals surface area contributed by atoms with Crippen LogP contribution in [0.1, 0.15) is 32.6 Å². The van der Waals surface area contributed by atoms with Gasteiger partial charge in [-0.15, -0.1) is 0 Å². The smallest absolute Gasteiger partial charge is 0.253 e. The Morgan fingerprint density at radius 2 is 1.83 bits per heavy atom. The van der Waals surface area contributed by atoms with E-state index < -0.39 is 0 Å². The maximum atomic E-state index is 12.8. The average Bonchev–Trinajstić information content (AvgIpc) is 2.56. The predicted molar refractivity (Wildman–Crippen MR) is 92.1 cm³/mol. The maximum absolute atomic E-state index is 12.8. The summed E-state index contributed by atoms with van der Waals surface area (Å²) in [4.78, 5) is 18.5. The lowest BCUT2D eigenvalue weighted by molar-refractivity contribution is 0.0795. The molecule has 1 aromatic carbocycles. The van der Waals surface area contributed by atoms with Gasteiger partial charge in [-0.25, -0.2) is 0 Å². The highest BCUT2D eigenvalue weighted by atomic mass is 16.5. The first kappa shape index (κ1) is 17.0. The molecular weight excluding hydrogens is 288 g/mol.